The van der Waals surface area contributed by atoms with E-state index in [1.807, 2.05) is 43.4 Å². The van der Waals surface area contributed by atoms with Crippen LogP contribution < -0.4 is 9.64 Å². The van der Waals surface area contributed by atoms with Crippen molar-refractivity contribution in [3.63, 3.8) is 0 Å². The summed E-state index contributed by atoms with van der Waals surface area (Å²) < 4.78 is 5.16. The molecular formula is C15H15BrClNO. The smallest absolute Gasteiger partial charge is 0.119 e. The first-order valence-corrected chi connectivity index (χ1v) is 7.38. The van der Waals surface area contributed by atoms with Gasteiger partial charge >= 0.3 is 0 Å². The first-order valence-electron chi connectivity index (χ1n) is 5.88. The second-order valence-corrected chi connectivity index (χ2v) is 5.13. The molecule has 0 heterocycles. The first kappa shape index (κ1) is 14.2. The van der Waals surface area contributed by atoms with Crippen molar-refractivity contribution in [2.75, 3.05) is 19.1 Å². The van der Waals surface area contributed by atoms with Gasteiger partial charge in [0.25, 0.3) is 0 Å². The number of rotatable bonds is 4. The number of methoxy groups -OCH3 is 1. The lowest BCUT2D eigenvalue weighted by Gasteiger charge is -2.20. The van der Waals surface area contributed by atoms with Gasteiger partial charge in [-0.15, -0.1) is 0 Å². The van der Waals surface area contributed by atoms with E-state index in [4.69, 9.17) is 16.3 Å². The van der Waals surface area contributed by atoms with Gasteiger partial charge in [0.1, 0.15) is 5.75 Å². The van der Waals surface area contributed by atoms with Gasteiger partial charge in [-0.05, 0) is 42.0 Å². The van der Waals surface area contributed by atoms with Gasteiger partial charge in [0, 0.05) is 28.8 Å². The number of hydrogen-bond acceptors (Lipinski definition) is 2. The van der Waals surface area contributed by atoms with E-state index in [1.165, 1.54) is 0 Å². The van der Waals surface area contributed by atoms with E-state index >= 15 is 0 Å². The Bertz CT molecular complexity index is 557. The minimum absolute atomic E-state index is 0.762. The number of hydrogen-bond donors (Lipinski definition) is 0. The van der Waals surface area contributed by atoms with E-state index in [0.29, 0.717) is 0 Å². The van der Waals surface area contributed by atoms with E-state index in [-0.39, 0.29) is 0 Å². The van der Waals surface area contributed by atoms with Crippen LogP contribution in [0.3, 0.4) is 0 Å². The summed E-state index contributed by atoms with van der Waals surface area (Å²) in [5.41, 5.74) is 3.23. The normalized spacial score (nSPS) is 10.3. The molecular weight excluding hydrogens is 326 g/mol. The summed E-state index contributed by atoms with van der Waals surface area (Å²) in [4.78, 5) is 2.09. The topological polar surface area (TPSA) is 12.5 Å². The second kappa shape index (κ2) is 6.31. The minimum atomic E-state index is 0.762. The van der Waals surface area contributed by atoms with Crippen LogP contribution in [0, 0.1) is 0 Å². The van der Waals surface area contributed by atoms with E-state index in [9.17, 15) is 0 Å². The summed E-state index contributed by atoms with van der Waals surface area (Å²) in [6.07, 6.45) is 0. The Morgan fingerprint density at radius 2 is 1.74 bits per heavy atom. The van der Waals surface area contributed by atoms with Gasteiger partial charge in [-0.2, -0.15) is 0 Å². The lowest BCUT2D eigenvalue weighted by Crippen LogP contribution is -2.09. The molecule has 0 unspecified atom stereocenters. The standard InChI is InChI=1S/C15H15BrClNO/c1-18(12-5-7-14(19-2)8-6-12)13-4-3-11(10-16)15(17)9-13/h3-9H,10H2,1-2H3. The fourth-order valence-corrected chi connectivity index (χ4v) is 2.70. The SMILES string of the molecule is COc1ccc(N(C)c2ccc(CBr)c(Cl)c2)cc1. The average Bonchev–Trinajstić information content (AvgIpc) is 2.46. The molecule has 0 aliphatic carbocycles. The minimum Gasteiger partial charge on any atom is -0.497 e. The Kier molecular flexibility index (Phi) is 4.72. The Labute approximate surface area is 127 Å². The summed E-state index contributed by atoms with van der Waals surface area (Å²) in [5.74, 6) is 0.852. The van der Waals surface area contributed by atoms with Gasteiger partial charge in [0.05, 0.1) is 7.11 Å². The van der Waals surface area contributed by atoms with Gasteiger partial charge in [0.15, 0.2) is 0 Å². The molecule has 2 aromatic carbocycles. The molecule has 19 heavy (non-hydrogen) atoms. The van der Waals surface area contributed by atoms with E-state index in [0.717, 1.165) is 33.0 Å². The monoisotopic (exact) mass is 339 g/mol. The first-order chi connectivity index (χ1) is 9.15. The van der Waals surface area contributed by atoms with Crippen LogP contribution in [0.25, 0.3) is 0 Å². The Hall–Kier alpha value is -1.19. The van der Waals surface area contributed by atoms with Crippen LogP contribution in [-0.2, 0) is 5.33 Å². The molecule has 2 nitrogen and oxygen atoms in total. The van der Waals surface area contributed by atoms with Crippen molar-refractivity contribution < 1.29 is 4.74 Å². The van der Waals surface area contributed by atoms with Crippen LogP contribution in [0.15, 0.2) is 42.5 Å². The van der Waals surface area contributed by atoms with Crippen molar-refractivity contribution in [3.05, 3.63) is 53.1 Å². The summed E-state index contributed by atoms with van der Waals surface area (Å²) in [6.45, 7) is 0. The van der Waals surface area contributed by atoms with Crippen molar-refractivity contribution in [1.29, 1.82) is 0 Å². The van der Waals surface area contributed by atoms with E-state index in [2.05, 4.69) is 26.9 Å². The highest BCUT2D eigenvalue weighted by Crippen LogP contribution is 2.29. The highest BCUT2D eigenvalue weighted by atomic mass is 79.9. The molecule has 0 saturated carbocycles. The Morgan fingerprint density at radius 3 is 2.26 bits per heavy atom. The van der Waals surface area contributed by atoms with Crippen molar-refractivity contribution in [3.8, 4) is 5.75 Å². The molecule has 0 saturated heterocycles. The molecule has 0 aliphatic heterocycles. The fraction of sp³-hybridized carbons (Fsp3) is 0.200. The van der Waals surface area contributed by atoms with Crippen LogP contribution in [-0.4, -0.2) is 14.2 Å². The average molecular weight is 341 g/mol. The zero-order valence-corrected chi connectivity index (χ0v) is 13.2. The molecule has 0 atom stereocenters. The highest BCUT2D eigenvalue weighted by molar-refractivity contribution is 9.08. The summed E-state index contributed by atoms with van der Waals surface area (Å²) in [5, 5.41) is 1.54. The van der Waals surface area contributed by atoms with Crippen LogP contribution in [0.4, 0.5) is 11.4 Å². The number of halogens is 2. The maximum Gasteiger partial charge on any atom is 0.119 e. The van der Waals surface area contributed by atoms with Crippen LogP contribution >= 0.6 is 27.5 Å². The molecule has 0 aromatic heterocycles. The predicted octanol–water partition coefficient (Wildman–Crippen LogP) is 5.01. The molecule has 4 heteroatoms. The molecule has 2 rings (SSSR count). The number of nitrogens with zero attached hydrogens (tertiary/aromatic N) is 1. The maximum absolute atomic E-state index is 6.23. The molecule has 0 spiro atoms. The van der Waals surface area contributed by atoms with E-state index in [1.54, 1.807) is 7.11 Å². The van der Waals surface area contributed by atoms with Gasteiger partial charge in [-0.3, -0.25) is 0 Å². The zero-order valence-electron chi connectivity index (χ0n) is 10.9. The third kappa shape index (κ3) is 3.23. The molecule has 0 fully saturated rings. The second-order valence-electron chi connectivity index (χ2n) is 4.17. The highest BCUT2D eigenvalue weighted by Gasteiger charge is 2.07. The molecule has 100 valence electrons. The van der Waals surface area contributed by atoms with Gasteiger partial charge in [-0.25, -0.2) is 0 Å². The summed E-state index contributed by atoms with van der Waals surface area (Å²) in [7, 11) is 3.68. The van der Waals surface area contributed by atoms with Crippen LogP contribution in [0.5, 0.6) is 5.75 Å². The van der Waals surface area contributed by atoms with Crippen LogP contribution in [0.1, 0.15) is 5.56 Å². The number of anilines is 2. The van der Waals surface area contributed by atoms with Crippen LogP contribution in [0.2, 0.25) is 5.02 Å². The zero-order chi connectivity index (χ0) is 13.8. The van der Waals surface area contributed by atoms with Crippen molar-refractivity contribution in [2.24, 2.45) is 0 Å². The summed E-state index contributed by atoms with van der Waals surface area (Å²) in [6, 6.07) is 14.0. The van der Waals surface area contributed by atoms with E-state index < -0.39 is 0 Å². The fourth-order valence-electron chi connectivity index (χ4n) is 1.81. The third-order valence-corrected chi connectivity index (χ3v) is 3.98. The number of alkyl halides is 1. The number of ether oxygens (including phenoxy) is 1. The largest absolute Gasteiger partial charge is 0.497 e. The van der Waals surface area contributed by atoms with Gasteiger partial charge in [0.2, 0.25) is 0 Å². The Balaban J connectivity index is 2.27. The summed E-state index contributed by atoms with van der Waals surface area (Å²) >= 11 is 9.65. The maximum atomic E-state index is 6.23. The third-order valence-electron chi connectivity index (χ3n) is 3.03. The molecule has 0 bridgehead atoms. The molecule has 0 aliphatic rings. The number of benzene rings is 2. The molecule has 2 aromatic rings. The van der Waals surface area contributed by atoms with Gasteiger partial charge in [-0.1, -0.05) is 33.6 Å². The lowest BCUT2D eigenvalue weighted by atomic mass is 10.2. The molecule has 0 amide bonds. The molecule has 0 N–H and O–H groups in total. The van der Waals surface area contributed by atoms with Crippen molar-refractivity contribution in [1.82, 2.24) is 0 Å². The van der Waals surface area contributed by atoms with Crippen molar-refractivity contribution in [2.45, 2.75) is 5.33 Å². The quantitative estimate of drug-likeness (QED) is 0.725. The molecule has 0 radical (unpaired) electrons. The van der Waals surface area contributed by atoms with Gasteiger partial charge < -0.3 is 9.64 Å². The predicted molar refractivity (Wildman–Crippen MR) is 85.1 cm³/mol. The Morgan fingerprint density at radius 1 is 1.11 bits per heavy atom. The van der Waals surface area contributed by atoms with Crippen molar-refractivity contribution >= 4 is 38.9 Å². The lowest BCUT2D eigenvalue weighted by molar-refractivity contribution is 0.415.